The van der Waals surface area contributed by atoms with Gasteiger partial charge in [0, 0.05) is 160 Å². The molecule has 0 spiro atoms. The van der Waals surface area contributed by atoms with Crippen molar-refractivity contribution in [2.24, 2.45) is 40.7 Å². The average Bonchev–Trinajstić information content (AvgIpc) is 1.76. The average molecular weight is 1900 g/mol. The second kappa shape index (κ2) is 59.2. The van der Waals surface area contributed by atoms with Gasteiger partial charge in [0.25, 0.3) is 11.8 Å². The first-order valence-corrected chi connectivity index (χ1v) is 49.5. The summed E-state index contributed by atoms with van der Waals surface area (Å²) in [5, 5.41) is 13.3. The molecule has 39 nitrogen and oxygen atoms in total. The van der Waals surface area contributed by atoms with Crippen LogP contribution < -0.4 is 49.5 Å². The highest BCUT2D eigenvalue weighted by Crippen LogP contribution is 2.59. The maximum absolute atomic E-state index is 13.5. The van der Waals surface area contributed by atoms with Crippen LogP contribution in [0.15, 0.2) is 0 Å². The summed E-state index contributed by atoms with van der Waals surface area (Å²) in [6.07, 6.45) is 1.95. The summed E-state index contributed by atoms with van der Waals surface area (Å²) in [6, 6.07) is 0. The molecule has 4 aliphatic heterocycles. The van der Waals surface area contributed by atoms with Crippen molar-refractivity contribution in [1.82, 2.24) is 51.2 Å². The van der Waals surface area contributed by atoms with Crippen LogP contribution in [-0.4, -0.2) is 271 Å². The molecule has 722 valence electrons. The van der Waals surface area contributed by atoms with Crippen LogP contribution in [0.3, 0.4) is 0 Å². The highest BCUT2D eigenvalue weighted by Gasteiger charge is 2.41. The lowest BCUT2D eigenvalue weighted by atomic mass is 10.0. The smallest absolute Gasteiger partial charge is 0.407 e. The first-order chi connectivity index (χ1) is 59.0. The molecule has 5 aliphatic rings. The van der Waals surface area contributed by atoms with Crippen LogP contribution >= 0.6 is 64.8 Å². The molecule has 14 amide bonds. The van der Waals surface area contributed by atoms with Crippen molar-refractivity contribution in [3.63, 3.8) is 0 Å². The van der Waals surface area contributed by atoms with Crippen LogP contribution in [0, 0.1) is 17.8 Å². The number of primary amides is 3. The molecule has 4 heterocycles. The number of carbonyl (C=O) groups is 19. The zero-order valence-corrected chi connectivity index (χ0v) is 80.3. The Kier molecular flexibility index (Phi) is 53.6. The van der Waals surface area contributed by atoms with Crippen molar-refractivity contribution in [3.8, 4) is 0 Å². The fourth-order valence-electron chi connectivity index (χ4n) is 11.7. The number of amides is 14. The number of ketones is 3. The summed E-state index contributed by atoms with van der Waals surface area (Å²) >= 11 is 0. The lowest BCUT2D eigenvalue weighted by molar-refractivity contribution is -0.197. The van der Waals surface area contributed by atoms with Crippen molar-refractivity contribution < 1.29 is 124 Å². The molecule has 0 bridgehead atoms. The Bertz CT molecular complexity index is 3410. The number of nitrogens with two attached hydrogens (primary N) is 4. The minimum atomic E-state index is -1.50. The van der Waals surface area contributed by atoms with E-state index >= 15 is 0 Å². The molecule has 45 heteroatoms. The minimum absolute atomic E-state index is 0. The van der Waals surface area contributed by atoms with E-state index in [1.807, 2.05) is 13.8 Å². The molecule has 0 aromatic carbocycles. The van der Waals surface area contributed by atoms with Crippen LogP contribution in [0.25, 0.3) is 0 Å². The molecular formula is C81H142N14O25S6. The molecule has 5 fully saturated rings. The third-order valence-electron chi connectivity index (χ3n) is 18.2. The third kappa shape index (κ3) is 53.1. The fourth-order valence-corrected chi connectivity index (χ4v) is 17.3. The van der Waals surface area contributed by atoms with Gasteiger partial charge in [-0.15, -0.1) is 5.06 Å². The number of hydrogen-bond acceptors (Lipinski definition) is 32. The van der Waals surface area contributed by atoms with E-state index in [1.54, 1.807) is 148 Å². The molecule has 0 aromatic rings. The number of esters is 1. The van der Waals surface area contributed by atoms with E-state index in [9.17, 15) is 91.1 Å². The van der Waals surface area contributed by atoms with E-state index in [0.29, 0.717) is 54.8 Å². The number of nitrogens with zero attached hydrogens (tertiary/aromatic N) is 5. The van der Waals surface area contributed by atoms with E-state index in [0.717, 1.165) is 38.5 Å². The normalized spacial score (nSPS) is 15.1. The number of ether oxygens (including phenoxy) is 5. The quantitative estimate of drug-likeness (QED) is 0.00528. The number of unbranched alkanes of at least 4 members (excludes halogenated alkanes) is 4. The Labute approximate surface area is 767 Å². The maximum atomic E-state index is 13.5. The number of alkyl carbamates (subject to hydrolysis) is 4. The molecule has 3 atom stereocenters. The SMILES string of the molecule is CC.CC(C)(C)OC(=O)NCCC(=O)N(CCC(=O)CCCCC[C@@H](C(N)=O)C1SS1)CCN(CCC(=O)NCCCC[C@@H](C(N)=O)C1SS1)C(=O)CCNC(=O)OC(C)(C)C.CC(C)(C)OC(=O)NCCC(=O)N(CCC(=O)OC1C(=O)CCC1=O)CCN(CCC(=O)ON1C(=O)CCC1=O)C(=O)CCNC(=O)OC(C)(C)C.NCCCC[C@@H](C(N)=O)C1SS1.[HH].[HH].[HH]. The number of nitrogens with one attached hydrogen (secondary N) is 5. The van der Waals surface area contributed by atoms with Gasteiger partial charge in [-0.05, 0) is 128 Å². The summed E-state index contributed by atoms with van der Waals surface area (Å²) in [7, 11) is 10.1. The molecule has 0 unspecified atom stereocenters. The molecular weight excluding hydrogens is 1760 g/mol. The minimum Gasteiger partial charge on any atom is -0.446 e. The van der Waals surface area contributed by atoms with Crippen molar-refractivity contribution in [1.29, 1.82) is 0 Å². The second-order valence-electron chi connectivity index (χ2n) is 33.6. The monoisotopic (exact) mass is 1900 g/mol. The highest BCUT2D eigenvalue weighted by molar-refractivity contribution is 8.93. The number of hydroxylamine groups is 2. The molecule has 1 aliphatic carbocycles. The number of rotatable bonds is 53. The molecule has 5 rings (SSSR count). The Morgan fingerprint density at radius 2 is 0.690 bits per heavy atom. The standard InChI is InChI=1S/C39H67N7O10S4.C33H49N5O14.C7H14N2OS2.C2H6.3H2/c1-38(2,3)55-36(53)43-20-15-30(49)45(22-17-26(47)12-8-7-9-13-27(32(40)51)34-57-58-34)24-25-46(31(50)16-21-44-37(54)56-39(4,5)6)23-18-29(48)42-19-11-10-14-28(33(41)52)35-59-60-35;1-32(2,3)50-30(47)34-15-11-23(41)36(17-13-27(45)49-29-21(39)7-8-22(29)40)19-20-37(24(42)12-16-35-31(48)51-33(4,5)6)18-14-28(46)52-38-25(43)9-10-26(38)44;8-4-2-1-3-5(6(9)10)7-11-12-7;1-2;;;/h27-28,34-35H,7-25H2,1-6H3,(H2,40,51)(H2,41,52)(H,42,48)(H,43,53)(H,44,54);29H,7-20H2,1-6H3,(H,34,47)(H,35,48);5,7H,1-4,8H2,(H2,9,10);1-2H3;3*1H/t27-,28-;;5-;;;;/m0.0..../s1. The van der Waals surface area contributed by atoms with Gasteiger partial charge in [-0.2, -0.15) is 0 Å². The summed E-state index contributed by atoms with van der Waals surface area (Å²) in [4.78, 5) is 245. The third-order valence-corrected chi connectivity index (χ3v) is 25.2. The van der Waals surface area contributed by atoms with Crippen LogP contribution in [0.1, 0.15) is 249 Å². The number of imide groups is 1. The second-order valence-corrected chi connectivity index (χ2v) is 42.1. The van der Waals surface area contributed by atoms with E-state index in [-0.39, 0.29) is 215 Å². The molecule has 4 saturated heterocycles. The number of Topliss-reactive ketones (excluding diaryl/α,β-unsaturated/α-hetero) is 3. The Hall–Kier alpha value is -8.01. The van der Waals surface area contributed by atoms with Crippen molar-refractivity contribution >= 4 is 177 Å². The van der Waals surface area contributed by atoms with Crippen molar-refractivity contribution in [2.75, 3.05) is 91.6 Å². The van der Waals surface area contributed by atoms with Crippen molar-refractivity contribution in [3.05, 3.63) is 0 Å². The van der Waals surface area contributed by atoms with Gasteiger partial charge in [0.05, 0.1) is 44.3 Å². The number of hydrogen-bond donors (Lipinski definition) is 9. The zero-order valence-electron chi connectivity index (χ0n) is 75.4. The maximum Gasteiger partial charge on any atom is 0.407 e. The molecule has 126 heavy (non-hydrogen) atoms. The summed E-state index contributed by atoms with van der Waals surface area (Å²) in [6.45, 7) is 24.4. The van der Waals surface area contributed by atoms with Crippen LogP contribution in [0.4, 0.5) is 19.2 Å². The van der Waals surface area contributed by atoms with E-state index in [4.69, 9.17) is 51.5 Å². The summed E-state index contributed by atoms with van der Waals surface area (Å²) < 4.78 is 26.8. The lowest BCUT2D eigenvalue weighted by Crippen LogP contribution is -2.44. The number of carbonyl (C=O) groups excluding carboxylic acids is 19. The summed E-state index contributed by atoms with van der Waals surface area (Å²) in [5.41, 5.74) is 18.7. The van der Waals surface area contributed by atoms with Gasteiger partial charge in [0.2, 0.25) is 53.4 Å². The van der Waals surface area contributed by atoms with Gasteiger partial charge in [-0.25, -0.2) is 24.0 Å². The van der Waals surface area contributed by atoms with E-state index in [1.165, 1.54) is 19.6 Å². The largest absolute Gasteiger partial charge is 0.446 e. The van der Waals surface area contributed by atoms with E-state index < -0.39 is 113 Å². The zero-order chi connectivity index (χ0) is 95.1. The first kappa shape index (κ1) is 114. The van der Waals surface area contributed by atoms with Gasteiger partial charge in [0.1, 0.15) is 28.2 Å². The van der Waals surface area contributed by atoms with Gasteiger partial charge in [-0.1, -0.05) is 104 Å². The summed E-state index contributed by atoms with van der Waals surface area (Å²) in [5.74, 6) is -7.52. The topological polar surface area (TPSA) is 560 Å². The highest BCUT2D eigenvalue weighted by atomic mass is 33.2. The Morgan fingerprint density at radius 1 is 0.381 bits per heavy atom. The first-order valence-electron chi connectivity index (χ1n) is 42.7. The van der Waals surface area contributed by atoms with E-state index in [2.05, 4.69) is 26.6 Å². The Morgan fingerprint density at radius 3 is 1.01 bits per heavy atom. The molecule has 13 N–H and O–H groups in total. The molecule has 0 aromatic heterocycles. The van der Waals surface area contributed by atoms with Gasteiger partial charge >= 0.3 is 36.3 Å². The molecule has 1 saturated carbocycles. The fraction of sp³-hybridized carbons (Fsp3) is 0.765. The lowest BCUT2D eigenvalue weighted by Gasteiger charge is -2.28. The molecule has 0 radical (unpaired) electrons. The van der Waals surface area contributed by atoms with Crippen LogP contribution in [-0.2, 0) is 100 Å². The van der Waals surface area contributed by atoms with Crippen LogP contribution in [0.5, 0.6) is 0 Å². The van der Waals surface area contributed by atoms with Crippen molar-refractivity contribution in [2.45, 2.75) is 287 Å². The Balaban J connectivity index is 0. The predicted octanol–water partition coefficient (Wildman–Crippen LogP) is 8.11. The van der Waals surface area contributed by atoms with Gasteiger partial charge in [-0.3, -0.25) is 67.1 Å². The van der Waals surface area contributed by atoms with Crippen LogP contribution in [0.2, 0.25) is 0 Å². The van der Waals surface area contributed by atoms with Gasteiger partial charge in [0.15, 0.2) is 11.6 Å². The van der Waals surface area contributed by atoms with Gasteiger partial charge < -0.3 is 97.6 Å². The predicted molar refractivity (Wildman–Crippen MR) is 487 cm³/mol.